The summed E-state index contributed by atoms with van der Waals surface area (Å²) in [5, 5.41) is 3.21. The molecule has 0 amide bonds. The highest BCUT2D eigenvalue weighted by Gasteiger charge is 2.18. The quantitative estimate of drug-likeness (QED) is 0.824. The molecule has 1 aromatic rings. The predicted octanol–water partition coefficient (Wildman–Crippen LogP) is 3.92. The smallest absolute Gasteiger partial charge is 0.0949 e. The fourth-order valence-corrected chi connectivity index (χ4v) is 2.74. The van der Waals surface area contributed by atoms with Crippen molar-refractivity contribution < 1.29 is 4.74 Å². The minimum Gasteiger partial charge on any atom is -0.372 e. The predicted molar refractivity (Wildman–Crippen MR) is 78.7 cm³/mol. The summed E-state index contributed by atoms with van der Waals surface area (Å²) < 4.78 is 7.16. The van der Waals surface area contributed by atoms with E-state index >= 15 is 0 Å². The highest BCUT2D eigenvalue weighted by atomic mass is 79.9. The van der Waals surface area contributed by atoms with Crippen LogP contribution in [0.5, 0.6) is 0 Å². The lowest BCUT2D eigenvalue weighted by molar-refractivity contribution is 0.0383. The van der Waals surface area contributed by atoms with Gasteiger partial charge in [0.15, 0.2) is 0 Å². The number of likely N-dealkylation sites (N-methyl/N-ethyl adjacent to an activating group) is 1. The number of benzene rings is 1. The maximum absolute atomic E-state index is 6.05. The standard InChI is InChI=1S/C15H22BrNO/c1-17-11-15(13-6-3-7-14(16)10-13)18-9-8-12-4-2-5-12/h3,6-7,10,12,15,17H,2,4-5,8-9,11H2,1H3. The van der Waals surface area contributed by atoms with Crippen molar-refractivity contribution in [1.29, 1.82) is 0 Å². The summed E-state index contributed by atoms with van der Waals surface area (Å²) in [6.07, 6.45) is 5.59. The van der Waals surface area contributed by atoms with E-state index in [1.165, 1.54) is 31.2 Å². The fraction of sp³-hybridized carbons (Fsp3) is 0.600. The zero-order valence-corrected chi connectivity index (χ0v) is 12.6. The van der Waals surface area contributed by atoms with Crippen LogP contribution in [0.2, 0.25) is 0 Å². The van der Waals surface area contributed by atoms with Gasteiger partial charge < -0.3 is 10.1 Å². The van der Waals surface area contributed by atoms with E-state index in [1.807, 2.05) is 13.1 Å². The number of nitrogens with one attached hydrogen (secondary N) is 1. The monoisotopic (exact) mass is 311 g/mol. The topological polar surface area (TPSA) is 21.3 Å². The molecule has 2 nitrogen and oxygen atoms in total. The van der Waals surface area contributed by atoms with Crippen molar-refractivity contribution in [2.75, 3.05) is 20.2 Å². The van der Waals surface area contributed by atoms with Gasteiger partial charge in [0, 0.05) is 17.6 Å². The third-order valence-electron chi connectivity index (χ3n) is 3.68. The molecule has 1 atom stereocenters. The average Bonchev–Trinajstić information content (AvgIpc) is 2.31. The summed E-state index contributed by atoms with van der Waals surface area (Å²) in [7, 11) is 1.97. The van der Waals surface area contributed by atoms with Gasteiger partial charge >= 0.3 is 0 Å². The summed E-state index contributed by atoms with van der Waals surface area (Å²) >= 11 is 3.52. The van der Waals surface area contributed by atoms with Gasteiger partial charge in [-0.1, -0.05) is 47.3 Å². The number of hydrogen-bond donors (Lipinski definition) is 1. The van der Waals surface area contributed by atoms with Crippen LogP contribution in [-0.2, 0) is 4.74 Å². The molecule has 0 heterocycles. The molecule has 18 heavy (non-hydrogen) atoms. The van der Waals surface area contributed by atoms with Crippen LogP contribution in [0.3, 0.4) is 0 Å². The first-order chi connectivity index (χ1) is 8.79. The Hall–Kier alpha value is -0.380. The second kappa shape index (κ2) is 7.27. The van der Waals surface area contributed by atoms with Crippen molar-refractivity contribution in [3.8, 4) is 0 Å². The molecular weight excluding hydrogens is 290 g/mol. The van der Waals surface area contributed by atoms with Gasteiger partial charge in [0.2, 0.25) is 0 Å². The molecule has 3 heteroatoms. The second-order valence-corrected chi connectivity index (χ2v) is 5.97. The van der Waals surface area contributed by atoms with E-state index in [1.54, 1.807) is 0 Å². The van der Waals surface area contributed by atoms with E-state index in [-0.39, 0.29) is 6.10 Å². The van der Waals surface area contributed by atoms with Crippen LogP contribution in [0.4, 0.5) is 0 Å². The van der Waals surface area contributed by atoms with Crippen molar-refractivity contribution in [2.24, 2.45) is 5.92 Å². The Morgan fingerprint density at radius 1 is 1.44 bits per heavy atom. The minimum absolute atomic E-state index is 0.160. The molecular formula is C15H22BrNO. The Bertz CT molecular complexity index is 365. The zero-order valence-electron chi connectivity index (χ0n) is 11.0. The Labute approximate surface area is 118 Å². The molecule has 0 radical (unpaired) electrons. The van der Waals surface area contributed by atoms with Crippen molar-refractivity contribution in [3.63, 3.8) is 0 Å². The Balaban J connectivity index is 1.85. The summed E-state index contributed by atoms with van der Waals surface area (Å²) in [6.45, 7) is 1.74. The van der Waals surface area contributed by atoms with Gasteiger partial charge in [-0.2, -0.15) is 0 Å². The van der Waals surface area contributed by atoms with E-state index in [9.17, 15) is 0 Å². The molecule has 1 N–H and O–H groups in total. The first-order valence-corrected chi connectivity index (χ1v) is 7.60. The lowest BCUT2D eigenvalue weighted by Gasteiger charge is -2.26. The fourth-order valence-electron chi connectivity index (χ4n) is 2.32. The van der Waals surface area contributed by atoms with Gasteiger partial charge in [0.05, 0.1) is 6.10 Å². The largest absolute Gasteiger partial charge is 0.372 e. The van der Waals surface area contributed by atoms with Crippen LogP contribution in [-0.4, -0.2) is 20.2 Å². The van der Waals surface area contributed by atoms with Crippen molar-refractivity contribution >= 4 is 15.9 Å². The van der Waals surface area contributed by atoms with E-state index in [2.05, 4.69) is 39.4 Å². The molecule has 1 aliphatic rings. The Morgan fingerprint density at radius 2 is 2.28 bits per heavy atom. The third-order valence-corrected chi connectivity index (χ3v) is 4.17. The third kappa shape index (κ3) is 4.08. The van der Waals surface area contributed by atoms with Gasteiger partial charge in [-0.25, -0.2) is 0 Å². The molecule has 0 saturated heterocycles. The molecule has 1 aromatic carbocycles. The molecule has 1 unspecified atom stereocenters. The average molecular weight is 312 g/mol. The molecule has 0 spiro atoms. The van der Waals surface area contributed by atoms with Crippen LogP contribution in [0.1, 0.15) is 37.4 Å². The molecule has 1 fully saturated rings. The number of rotatable bonds is 7. The number of ether oxygens (including phenoxy) is 1. The molecule has 100 valence electrons. The van der Waals surface area contributed by atoms with E-state index < -0.39 is 0 Å². The van der Waals surface area contributed by atoms with Crippen LogP contribution in [0.15, 0.2) is 28.7 Å². The maximum atomic E-state index is 6.05. The van der Waals surface area contributed by atoms with Crippen LogP contribution < -0.4 is 5.32 Å². The van der Waals surface area contributed by atoms with Crippen LogP contribution >= 0.6 is 15.9 Å². The van der Waals surface area contributed by atoms with Gasteiger partial charge in [-0.05, 0) is 37.1 Å². The first kappa shape index (κ1) is 14.0. The summed E-state index contributed by atoms with van der Waals surface area (Å²) in [6, 6.07) is 8.40. The van der Waals surface area contributed by atoms with Gasteiger partial charge in [-0.3, -0.25) is 0 Å². The Kier molecular flexibility index (Phi) is 5.67. The second-order valence-electron chi connectivity index (χ2n) is 5.06. The highest BCUT2D eigenvalue weighted by Crippen LogP contribution is 2.30. The lowest BCUT2D eigenvalue weighted by Crippen LogP contribution is -2.21. The number of hydrogen-bond acceptors (Lipinski definition) is 2. The maximum Gasteiger partial charge on any atom is 0.0949 e. The van der Waals surface area contributed by atoms with Crippen molar-refractivity contribution in [3.05, 3.63) is 34.3 Å². The summed E-state index contributed by atoms with van der Waals surface area (Å²) in [4.78, 5) is 0. The normalized spacial score (nSPS) is 17.4. The molecule has 0 bridgehead atoms. The van der Waals surface area contributed by atoms with Crippen molar-refractivity contribution in [2.45, 2.75) is 31.8 Å². The van der Waals surface area contributed by atoms with Gasteiger partial charge in [-0.15, -0.1) is 0 Å². The van der Waals surface area contributed by atoms with Gasteiger partial charge in [0.1, 0.15) is 0 Å². The van der Waals surface area contributed by atoms with E-state index in [0.717, 1.165) is 23.5 Å². The molecule has 1 aliphatic carbocycles. The zero-order chi connectivity index (χ0) is 12.8. The van der Waals surface area contributed by atoms with Crippen LogP contribution in [0, 0.1) is 5.92 Å². The molecule has 1 saturated carbocycles. The van der Waals surface area contributed by atoms with Gasteiger partial charge in [0.25, 0.3) is 0 Å². The van der Waals surface area contributed by atoms with E-state index in [4.69, 9.17) is 4.74 Å². The number of halogens is 1. The Morgan fingerprint density at radius 3 is 2.89 bits per heavy atom. The summed E-state index contributed by atoms with van der Waals surface area (Å²) in [5.41, 5.74) is 1.24. The summed E-state index contributed by atoms with van der Waals surface area (Å²) in [5.74, 6) is 0.919. The molecule has 0 aliphatic heterocycles. The highest BCUT2D eigenvalue weighted by molar-refractivity contribution is 9.10. The first-order valence-electron chi connectivity index (χ1n) is 6.81. The van der Waals surface area contributed by atoms with Crippen molar-refractivity contribution in [1.82, 2.24) is 5.32 Å². The minimum atomic E-state index is 0.160. The molecule has 2 rings (SSSR count). The molecule has 0 aromatic heterocycles. The van der Waals surface area contributed by atoms with Crippen LogP contribution in [0.25, 0.3) is 0 Å². The lowest BCUT2D eigenvalue weighted by atomic mass is 9.83. The van der Waals surface area contributed by atoms with E-state index in [0.29, 0.717) is 0 Å². The SMILES string of the molecule is CNCC(OCCC1CCC1)c1cccc(Br)c1.